The van der Waals surface area contributed by atoms with Gasteiger partial charge in [-0.3, -0.25) is 9.59 Å². The Morgan fingerprint density at radius 2 is 1.91 bits per heavy atom. The molecule has 2 aromatic carbocycles. The number of anilines is 1. The van der Waals surface area contributed by atoms with E-state index in [4.69, 9.17) is 11.6 Å². The number of aryl methyl sites for hydroxylation is 1. The zero-order valence-electron chi connectivity index (χ0n) is 20.1. The molecular weight excluding hydrogens is 550 g/mol. The molecule has 1 atom stereocenters. The fraction of sp³-hybridized carbons (Fsp3) is 0.360. The zero-order chi connectivity index (χ0) is 25.5. The summed E-state index contributed by atoms with van der Waals surface area (Å²) in [5, 5.41) is 15.8. The maximum Gasteiger partial charge on any atom is 0.253 e. The van der Waals surface area contributed by atoms with Crippen LogP contribution in [0.15, 0.2) is 52.1 Å². The minimum atomic E-state index is -0.347. The fourth-order valence-electron chi connectivity index (χ4n) is 3.63. The zero-order valence-corrected chi connectivity index (χ0v) is 23.3. The van der Waals surface area contributed by atoms with Gasteiger partial charge < -0.3 is 15.2 Å². The maximum absolute atomic E-state index is 13.0. The van der Waals surface area contributed by atoms with Gasteiger partial charge in [0.25, 0.3) is 5.91 Å². The van der Waals surface area contributed by atoms with E-state index in [1.54, 1.807) is 24.3 Å². The molecule has 0 fully saturated rings. The molecule has 0 spiro atoms. The van der Waals surface area contributed by atoms with Crippen molar-refractivity contribution < 1.29 is 9.59 Å². The highest BCUT2D eigenvalue weighted by Gasteiger charge is 2.25. The summed E-state index contributed by atoms with van der Waals surface area (Å²) in [4.78, 5) is 25.5. The fourth-order valence-corrected chi connectivity index (χ4v) is 5.13. The van der Waals surface area contributed by atoms with Crippen LogP contribution in [0.3, 0.4) is 0 Å². The summed E-state index contributed by atoms with van der Waals surface area (Å²) in [6, 6.07) is 12.3. The second-order valence-electron chi connectivity index (χ2n) is 8.52. The first-order valence-electron chi connectivity index (χ1n) is 11.4. The van der Waals surface area contributed by atoms with Crippen LogP contribution in [0.25, 0.3) is 0 Å². The molecule has 0 aliphatic rings. The van der Waals surface area contributed by atoms with E-state index in [1.165, 1.54) is 11.8 Å². The van der Waals surface area contributed by atoms with Gasteiger partial charge in [-0.15, -0.1) is 10.2 Å². The van der Waals surface area contributed by atoms with Crippen molar-refractivity contribution in [1.82, 2.24) is 20.1 Å². The third-order valence-corrected chi connectivity index (χ3v) is 7.09. The van der Waals surface area contributed by atoms with E-state index < -0.39 is 0 Å². The number of benzene rings is 2. The summed E-state index contributed by atoms with van der Waals surface area (Å²) in [7, 11) is 0. The van der Waals surface area contributed by atoms with Crippen LogP contribution in [0.2, 0.25) is 5.02 Å². The Balaban J connectivity index is 1.74. The first kappa shape index (κ1) is 27.2. The summed E-state index contributed by atoms with van der Waals surface area (Å²) in [5.41, 5.74) is 2.17. The topological polar surface area (TPSA) is 88.9 Å². The smallest absolute Gasteiger partial charge is 0.253 e. The first-order chi connectivity index (χ1) is 16.7. The van der Waals surface area contributed by atoms with Gasteiger partial charge in [-0.25, -0.2) is 0 Å². The van der Waals surface area contributed by atoms with Gasteiger partial charge >= 0.3 is 0 Å². The molecule has 1 heterocycles. The highest BCUT2D eigenvalue weighted by molar-refractivity contribution is 9.10. The monoisotopic (exact) mass is 577 g/mol. The Bertz CT molecular complexity index is 1200. The molecule has 3 aromatic rings. The molecule has 1 aromatic heterocycles. The summed E-state index contributed by atoms with van der Waals surface area (Å²) < 4.78 is 2.91. The average Bonchev–Trinajstić information content (AvgIpc) is 3.22. The number of carbonyl (C=O) groups excluding carboxylic acids is 2. The first-order valence-corrected chi connectivity index (χ1v) is 13.5. The van der Waals surface area contributed by atoms with Crippen molar-refractivity contribution in [1.29, 1.82) is 0 Å². The van der Waals surface area contributed by atoms with Crippen molar-refractivity contribution in [3.05, 3.63) is 68.9 Å². The number of amides is 2. The lowest BCUT2D eigenvalue weighted by molar-refractivity contribution is -0.113. The van der Waals surface area contributed by atoms with E-state index >= 15 is 0 Å². The van der Waals surface area contributed by atoms with Crippen LogP contribution in [0, 0.1) is 12.8 Å². The largest absolute Gasteiger partial charge is 0.342 e. The highest BCUT2D eigenvalue weighted by Crippen LogP contribution is 2.26. The average molecular weight is 579 g/mol. The summed E-state index contributed by atoms with van der Waals surface area (Å²) in [6.45, 7) is 8.72. The van der Waals surface area contributed by atoms with Crippen LogP contribution in [-0.4, -0.2) is 32.3 Å². The molecule has 0 saturated carbocycles. The van der Waals surface area contributed by atoms with Crippen LogP contribution < -0.4 is 10.6 Å². The lowest BCUT2D eigenvalue weighted by Gasteiger charge is -2.21. The van der Waals surface area contributed by atoms with Crippen molar-refractivity contribution in [2.24, 2.45) is 5.92 Å². The normalized spacial score (nSPS) is 12.0. The minimum absolute atomic E-state index is 0.127. The van der Waals surface area contributed by atoms with E-state index in [9.17, 15) is 9.59 Å². The maximum atomic E-state index is 13.0. The predicted octanol–water partition coefficient (Wildman–Crippen LogP) is 6.27. The Morgan fingerprint density at radius 1 is 1.17 bits per heavy atom. The molecule has 0 bridgehead atoms. The minimum Gasteiger partial charge on any atom is -0.342 e. The van der Waals surface area contributed by atoms with Crippen molar-refractivity contribution in [2.75, 3.05) is 11.1 Å². The number of nitrogens with zero attached hydrogens (tertiary/aromatic N) is 3. The van der Waals surface area contributed by atoms with Crippen molar-refractivity contribution in [2.45, 2.75) is 51.9 Å². The molecule has 7 nitrogen and oxygen atoms in total. The van der Waals surface area contributed by atoms with Crippen LogP contribution >= 0.6 is 39.3 Å². The Labute approximate surface area is 223 Å². The van der Waals surface area contributed by atoms with E-state index in [2.05, 4.69) is 50.6 Å². The molecule has 0 saturated heterocycles. The van der Waals surface area contributed by atoms with Crippen LogP contribution in [0.4, 0.5) is 5.69 Å². The van der Waals surface area contributed by atoms with Crippen molar-refractivity contribution >= 4 is 56.8 Å². The third-order valence-electron chi connectivity index (χ3n) is 5.30. The molecule has 35 heavy (non-hydrogen) atoms. The molecular formula is C25H29BrClN5O2S. The van der Waals surface area contributed by atoms with Gasteiger partial charge in [0.05, 0.1) is 22.4 Å². The van der Waals surface area contributed by atoms with E-state index in [1.807, 2.05) is 36.6 Å². The van der Waals surface area contributed by atoms with E-state index in [-0.39, 0.29) is 23.6 Å². The second kappa shape index (κ2) is 12.6. The summed E-state index contributed by atoms with van der Waals surface area (Å²) in [5.74, 6) is 0.774. The number of thioether (sulfide) groups is 1. The van der Waals surface area contributed by atoms with Gasteiger partial charge in [0.1, 0.15) is 0 Å². The number of hydrogen-bond donors (Lipinski definition) is 2. The molecule has 3 rings (SSSR count). The number of rotatable bonds is 10. The number of aromatic nitrogens is 3. The molecule has 186 valence electrons. The van der Waals surface area contributed by atoms with E-state index in [0.29, 0.717) is 40.5 Å². The molecule has 0 aliphatic heterocycles. The third kappa shape index (κ3) is 7.32. The van der Waals surface area contributed by atoms with Gasteiger partial charge in [0.2, 0.25) is 5.91 Å². The van der Waals surface area contributed by atoms with Crippen LogP contribution in [0.1, 0.15) is 55.0 Å². The van der Waals surface area contributed by atoms with Crippen LogP contribution in [-0.2, 0) is 11.3 Å². The molecule has 0 radical (unpaired) electrons. The number of nitrogens with one attached hydrogen (secondary N) is 2. The van der Waals surface area contributed by atoms with Gasteiger partial charge in [0.15, 0.2) is 11.0 Å². The summed E-state index contributed by atoms with van der Waals surface area (Å²) >= 11 is 11.0. The molecule has 10 heteroatoms. The highest BCUT2D eigenvalue weighted by atomic mass is 79.9. The standard InChI is InChI=1S/C25H29BrClN5O2S/c1-5-32-23(21(12-15(2)3)29-24(34)18-8-6-7-9-19(18)27)30-31-25(32)35-14-22(33)28-20-11-10-17(26)13-16(20)4/h6-11,13,15,21H,5,12,14H2,1-4H3,(H,28,33)(H,29,34)/t21-/m1/s1. The molecule has 2 amide bonds. The quantitative estimate of drug-likeness (QED) is 0.277. The Hall–Kier alpha value is -2.36. The number of hydrogen-bond acceptors (Lipinski definition) is 5. The summed E-state index contributed by atoms with van der Waals surface area (Å²) in [6.07, 6.45) is 0.683. The SMILES string of the molecule is CCn1c(SCC(=O)Nc2ccc(Br)cc2C)nnc1[C@@H](CC(C)C)NC(=O)c1ccccc1Cl. The number of carbonyl (C=O) groups is 2. The molecule has 2 N–H and O–H groups in total. The molecule has 0 unspecified atom stereocenters. The van der Waals surface area contributed by atoms with Crippen molar-refractivity contribution in [3.8, 4) is 0 Å². The lowest BCUT2D eigenvalue weighted by atomic mass is 10.0. The van der Waals surface area contributed by atoms with Crippen LogP contribution in [0.5, 0.6) is 0 Å². The van der Waals surface area contributed by atoms with Gasteiger partial charge in [0, 0.05) is 16.7 Å². The predicted molar refractivity (Wildman–Crippen MR) is 145 cm³/mol. The molecule has 0 aliphatic carbocycles. The van der Waals surface area contributed by atoms with E-state index in [0.717, 1.165) is 15.7 Å². The second-order valence-corrected chi connectivity index (χ2v) is 10.8. The Kier molecular flexibility index (Phi) is 9.77. The lowest BCUT2D eigenvalue weighted by Crippen LogP contribution is -2.31. The van der Waals surface area contributed by atoms with Gasteiger partial charge in [-0.1, -0.05) is 65.3 Å². The van der Waals surface area contributed by atoms with Gasteiger partial charge in [-0.05, 0) is 62.1 Å². The number of halogens is 2. The Morgan fingerprint density at radius 3 is 2.57 bits per heavy atom. The van der Waals surface area contributed by atoms with Gasteiger partial charge in [-0.2, -0.15) is 0 Å². The van der Waals surface area contributed by atoms with Crippen molar-refractivity contribution in [3.63, 3.8) is 0 Å².